The van der Waals surface area contributed by atoms with Crippen molar-refractivity contribution in [2.75, 3.05) is 44.2 Å². The molecule has 0 aromatic carbocycles. The average Bonchev–Trinajstić information content (AvgIpc) is 3.44. The van der Waals surface area contributed by atoms with Gasteiger partial charge < -0.3 is 10.2 Å². The molecule has 1 N–H and O–H groups in total. The molecule has 1 unspecified atom stereocenters. The number of thioether (sulfide) groups is 1. The number of amides is 1. The molecule has 7 heteroatoms. The number of aromatic nitrogens is 2. The molecule has 2 aliphatic heterocycles. The van der Waals surface area contributed by atoms with Gasteiger partial charge in [0.15, 0.2) is 5.69 Å². The van der Waals surface area contributed by atoms with E-state index in [1.807, 2.05) is 28.4 Å². The molecular weight excluding hydrogens is 406 g/mol. The molecule has 1 aromatic rings. The smallest absolute Gasteiger partial charge is 0.274 e. The SMILES string of the molecule is Cn1nc(C(=O)N2CCSCC2)c2c1CCC(NCC1(N3CCCCC3)CCCC1)C2. The van der Waals surface area contributed by atoms with Gasteiger partial charge >= 0.3 is 0 Å². The van der Waals surface area contributed by atoms with Gasteiger partial charge in [-0.2, -0.15) is 16.9 Å². The fourth-order valence-electron chi connectivity index (χ4n) is 6.39. The maximum atomic E-state index is 13.2. The van der Waals surface area contributed by atoms with Crippen LogP contribution in [-0.4, -0.2) is 81.3 Å². The first kappa shape index (κ1) is 21.8. The first-order valence-corrected chi connectivity index (χ1v) is 13.7. The zero-order chi connectivity index (χ0) is 21.3. The maximum absolute atomic E-state index is 13.2. The predicted octanol–water partition coefficient (Wildman–Crippen LogP) is 2.85. The first-order chi connectivity index (χ1) is 15.2. The lowest BCUT2D eigenvalue weighted by Gasteiger charge is -2.44. The Morgan fingerprint density at radius 1 is 1.10 bits per heavy atom. The van der Waals surface area contributed by atoms with Crippen molar-refractivity contribution < 1.29 is 4.79 Å². The topological polar surface area (TPSA) is 53.4 Å². The second-order valence-corrected chi connectivity index (χ2v) is 11.3. The molecule has 1 aromatic heterocycles. The number of carbonyl (C=O) groups excluding carboxylic acids is 1. The lowest BCUT2D eigenvalue weighted by molar-refractivity contribution is 0.0667. The molecule has 0 radical (unpaired) electrons. The summed E-state index contributed by atoms with van der Waals surface area (Å²) in [5.41, 5.74) is 3.59. The highest BCUT2D eigenvalue weighted by Crippen LogP contribution is 2.37. The minimum Gasteiger partial charge on any atom is -0.336 e. The number of hydrogen-bond acceptors (Lipinski definition) is 5. The Balaban J connectivity index is 1.27. The average molecular weight is 446 g/mol. The van der Waals surface area contributed by atoms with E-state index < -0.39 is 0 Å². The van der Waals surface area contributed by atoms with Crippen molar-refractivity contribution in [1.82, 2.24) is 24.9 Å². The molecule has 5 rings (SSSR count). The van der Waals surface area contributed by atoms with E-state index in [4.69, 9.17) is 5.10 Å². The van der Waals surface area contributed by atoms with E-state index in [2.05, 4.69) is 10.2 Å². The second-order valence-electron chi connectivity index (χ2n) is 10.1. The Kier molecular flexibility index (Phi) is 6.63. The zero-order valence-corrected chi connectivity index (χ0v) is 20.0. The van der Waals surface area contributed by atoms with Crippen LogP contribution in [0.1, 0.15) is 73.1 Å². The third kappa shape index (κ3) is 4.42. The molecule has 31 heavy (non-hydrogen) atoms. The summed E-state index contributed by atoms with van der Waals surface area (Å²) in [6.07, 6.45) is 12.7. The molecule has 4 aliphatic rings. The van der Waals surface area contributed by atoms with Crippen molar-refractivity contribution in [3.63, 3.8) is 0 Å². The highest BCUT2D eigenvalue weighted by molar-refractivity contribution is 7.99. The van der Waals surface area contributed by atoms with Crippen molar-refractivity contribution in [1.29, 1.82) is 0 Å². The highest BCUT2D eigenvalue weighted by Gasteiger charge is 2.40. The van der Waals surface area contributed by atoms with Crippen LogP contribution < -0.4 is 5.32 Å². The van der Waals surface area contributed by atoms with E-state index in [1.165, 1.54) is 69.3 Å². The maximum Gasteiger partial charge on any atom is 0.274 e. The van der Waals surface area contributed by atoms with Gasteiger partial charge in [0, 0.05) is 61.0 Å². The van der Waals surface area contributed by atoms with Crippen LogP contribution in [0.2, 0.25) is 0 Å². The molecule has 0 spiro atoms. The first-order valence-electron chi connectivity index (χ1n) is 12.6. The third-order valence-electron chi connectivity index (χ3n) is 8.24. The van der Waals surface area contributed by atoms with Gasteiger partial charge in [-0.05, 0) is 58.0 Å². The molecular formula is C24H39N5OS. The molecule has 3 fully saturated rings. The Bertz CT molecular complexity index is 775. The van der Waals surface area contributed by atoms with E-state index in [0.717, 1.165) is 56.1 Å². The predicted molar refractivity (Wildman–Crippen MR) is 127 cm³/mol. The number of aryl methyl sites for hydroxylation is 1. The van der Waals surface area contributed by atoms with Gasteiger partial charge in [0.2, 0.25) is 0 Å². The van der Waals surface area contributed by atoms with Crippen molar-refractivity contribution in [3.8, 4) is 0 Å². The molecule has 3 heterocycles. The number of hydrogen-bond donors (Lipinski definition) is 1. The van der Waals surface area contributed by atoms with Gasteiger partial charge in [0.1, 0.15) is 0 Å². The van der Waals surface area contributed by atoms with Crippen LogP contribution in [0.5, 0.6) is 0 Å². The zero-order valence-electron chi connectivity index (χ0n) is 19.2. The van der Waals surface area contributed by atoms with Crippen LogP contribution in [0.3, 0.4) is 0 Å². The lowest BCUT2D eigenvalue weighted by atomic mass is 9.88. The summed E-state index contributed by atoms with van der Waals surface area (Å²) in [6, 6.07) is 0.461. The van der Waals surface area contributed by atoms with Gasteiger partial charge in [-0.1, -0.05) is 19.3 Å². The molecule has 2 aliphatic carbocycles. The summed E-state index contributed by atoms with van der Waals surface area (Å²) in [7, 11) is 2.01. The Hall–Kier alpha value is -1.05. The molecule has 1 atom stereocenters. The quantitative estimate of drug-likeness (QED) is 0.755. The fraction of sp³-hybridized carbons (Fsp3) is 0.833. The molecule has 172 valence electrons. The number of piperidine rings is 1. The third-order valence-corrected chi connectivity index (χ3v) is 9.18. The van der Waals surface area contributed by atoms with E-state index in [0.29, 0.717) is 11.6 Å². The van der Waals surface area contributed by atoms with Crippen molar-refractivity contribution in [2.24, 2.45) is 7.05 Å². The van der Waals surface area contributed by atoms with Gasteiger partial charge in [-0.15, -0.1) is 0 Å². The number of likely N-dealkylation sites (tertiary alicyclic amines) is 1. The summed E-state index contributed by atoms with van der Waals surface area (Å²) in [5.74, 6) is 2.24. The van der Waals surface area contributed by atoms with E-state index in [1.54, 1.807) is 0 Å². The van der Waals surface area contributed by atoms with Crippen molar-refractivity contribution in [2.45, 2.75) is 75.8 Å². The summed E-state index contributed by atoms with van der Waals surface area (Å²) >= 11 is 1.94. The van der Waals surface area contributed by atoms with Crippen LogP contribution >= 0.6 is 11.8 Å². The van der Waals surface area contributed by atoms with Gasteiger partial charge in [-0.25, -0.2) is 0 Å². The van der Waals surface area contributed by atoms with Gasteiger partial charge in [-0.3, -0.25) is 14.4 Å². The molecule has 0 bridgehead atoms. The summed E-state index contributed by atoms with van der Waals surface area (Å²) in [4.78, 5) is 18.1. The Labute approximate surface area is 191 Å². The minimum atomic E-state index is 0.151. The van der Waals surface area contributed by atoms with Gasteiger partial charge in [0.05, 0.1) is 0 Å². The van der Waals surface area contributed by atoms with Crippen LogP contribution in [0.25, 0.3) is 0 Å². The monoisotopic (exact) mass is 445 g/mol. The highest BCUT2D eigenvalue weighted by atomic mass is 32.2. The Morgan fingerprint density at radius 2 is 1.84 bits per heavy atom. The van der Waals surface area contributed by atoms with Crippen LogP contribution in [0.15, 0.2) is 0 Å². The normalized spacial score (nSPS) is 26.7. The van der Waals surface area contributed by atoms with Crippen molar-refractivity contribution in [3.05, 3.63) is 17.0 Å². The van der Waals surface area contributed by atoms with E-state index in [9.17, 15) is 4.79 Å². The number of carbonyl (C=O) groups is 1. The van der Waals surface area contributed by atoms with E-state index >= 15 is 0 Å². The number of nitrogens with zero attached hydrogens (tertiary/aromatic N) is 4. The number of fused-ring (bicyclic) bond motifs is 1. The lowest BCUT2D eigenvalue weighted by Crippen LogP contribution is -2.56. The second kappa shape index (κ2) is 9.44. The number of nitrogens with one attached hydrogen (secondary N) is 1. The molecule has 2 saturated heterocycles. The standard InChI is InChI=1S/C24H39N5OS/c1-27-21-8-7-19(17-20(21)22(26-27)23(30)28-13-15-31-16-14-28)25-18-24(9-3-4-10-24)29-11-5-2-6-12-29/h19,25H,2-18H2,1H3. The van der Waals surface area contributed by atoms with E-state index in [-0.39, 0.29) is 5.91 Å². The Morgan fingerprint density at radius 3 is 2.58 bits per heavy atom. The van der Waals surface area contributed by atoms with Gasteiger partial charge in [0.25, 0.3) is 5.91 Å². The fourth-order valence-corrected chi connectivity index (χ4v) is 7.30. The number of rotatable bonds is 5. The summed E-state index contributed by atoms with van der Waals surface area (Å²) in [5, 5.41) is 8.70. The van der Waals surface area contributed by atoms with Crippen LogP contribution in [-0.2, 0) is 19.9 Å². The van der Waals surface area contributed by atoms with Crippen LogP contribution in [0, 0.1) is 0 Å². The molecule has 1 saturated carbocycles. The summed E-state index contributed by atoms with van der Waals surface area (Å²) < 4.78 is 1.98. The van der Waals surface area contributed by atoms with Crippen LogP contribution in [0.4, 0.5) is 0 Å². The van der Waals surface area contributed by atoms with Crippen molar-refractivity contribution >= 4 is 17.7 Å². The minimum absolute atomic E-state index is 0.151. The summed E-state index contributed by atoms with van der Waals surface area (Å²) in [6.45, 7) is 5.39. The molecule has 6 nitrogen and oxygen atoms in total. The molecule has 1 amide bonds. The largest absolute Gasteiger partial charge is 0.336 e.